The molecule has 0 saturated heterocycles. The Labute approximate surface area is 121 Å². The molecule has 0 unspecified atom stereocenters. The second-order valence-electron chi connectivity index (χ2n) is 3.99. The van der Waals surface area contributed by atoms with Crippen LogP contribution in [0.2, 0.25) is 5.02 Å². The Hall–Kier alpha value is -2.51. The molecule has 20 heavy (non-hydrogen) atoms. The fourth-order valence-corrected chi connectivity index (χ4v) is 1.90. The van der Waals surface area contributed by atoms with Gasteiger partial charge in [-0.3, -0.25) is 4.79 Å². The largest absolute Gasteiger partial charge is 0.495 e. The molecule has 0 heterocycles. The standard InChI is InChI=1S/C15H11ClN2O2/c1-20-14-7-4-11(8-13(14)16)15(19)18-12-5-2-10(9-17)3-6-12/h2-8H,1H3,(H,18,19). The van der Waals surface area contributed by atoms with Crippen LogP contribution in [-0.2, 0) is 0 Å². The zero-order valence-electron chi connectivity index (χ0n) is 10.7. The van der Waals surface area contributed by atoms with Gasteiger partial charge in [-0.15, -0.1) is 0 Å². The van der Waals surface area contributed by atoms with Crippen molar-refractivity contribution in [2.24, 2.45) is 0 Å². The number of carbonyl (C=O) groups excluding carboxylic acids is 1. The molecule has 2 aromatic carbocycles. The van der Waals surface area contributed by atoms with E-state index in [0.29, 0.717) is 27.6 Å². The quantitative estimate of drug-likeness (QED) is 0.939. The molecular formula is C15H11ClN2O2. The van der Waals surface area contributed by atoms with E-state index in [1.807, 2.05) is 6.07 Å². The molecule has 1 amide bonds. The van der Waals surface area contributed by atoms with E-state index in [9.17, 15) is 4.79 Å². The molecule has 4 nitrogen and oxygen atoms in total. The van der Waals surface area contributed by atoms with E-state index in [4.69, 9.17) is 21.6 Å². The highest BCUT2D eigenvalue weighted by molar-refractivity contribution is 6.32. The minimum Gasteiger partial charge on any atom is -0.495 e. The lowest BCUT2D eigenvalue weighted by atomic mass is 10.2. The van der Waals surface area contributed by atoms with Crippen LogP contribution in [0.5, 0.6) is 5.75 Å². The Morgan fingerprint density at radius 2 is 1.95 bits per heavy atom. The van der Waals surface area contributed by atoms with Gasteiger partial charge in [0.1, 0.15) is 5.75 Å². The van der Waals surface area contributed by atoms with Gasteiger partial charge < -0.3 is 10.1 Å². The monoisotopic (exact) mass is 286 g/mol. The summed E-state index contributed by atoms with van der Waals surface area (Å²) in [5.74, 6) is 0.237. The Kier molecular flexibility index (Phi) is 4.24. The molecule has 0 atom stereocenters. The number of ether oxygens (including phenoxy) is 1. The normalized spacial score (nSPS) is 9.65. The van der Waals surface area contributed by atoms with Crippen LogP contribution >= 0.6 is 11.6 Å². The number of hydrogen-bond donors (Lipinski definition) is 1. The maximum atomic E-state index is 12.0. The summed E-state index contributed by atoms with van der Waals surface area (Å²) in [6.07, 6.45) is 0. The third-order valence-electron chi connectivity index (χ3n) is 2.69. The van der Waals surface area contributed by atoms with E-state index < -0.39 is 0 Å². The van der Waals surface area contributed by atoms with Gasteiger partial charge in [0.25, 0.3) is 5.91 Å². The second-order valence-corrected chi connectivity index (χ2v) is 4.40. The zero-order chi connectivity index (χ0) is 14.5. The lowest BCUT2D eigenvalue weighted by molar-refractivity contribution is 0.102. The van der Waals surface area contributed by atoms with Crippen molar-refractivity contribution in [3.8, 4) is 11.8 Å². The van der Waals surface area contributed by atoms with E-state index in [1.54, 1.807) is 42.5 Å². The van der Waals surface area contributed by atoms with Gasteiger partial charge in [0, 0.05) is 11.3 Å². The van der Waals surface area contributed by atoms with Crippen molar-refractivity contribution < 1.29 is 9.53 Å². The highest BCUT2D eigenvalue weighted by atomic mass is 35.5. The van der Waals surface area contributed by atoms with Gasteiger partial charge in [-0.05, 0) is 42.5 Å². The summed E-state index contributed by atoms with van der Waals surface area (Å²) < 4.78 is 5.03. The van der Waals surface area contributed by atoms with Crippen LogP contribution in [0.1, 0.15) is 15.9 Å². The topological polar surface area (TPSA) is 62.1 Å². The van der Waals surface area contributed by atoms with E-state index in [1.165, 1.54) is 7.11 Å². The first kappa shape index (κ1) is 13.9. The number of halogens is 1. The summed E-state index contributed by atoms with van der Waals surface area (Å²) in [4.78, 5) is 12.0. The molecule has 0 aliphatic rings. The van der Waals surface area contributed by atoms with Gasteiger partial charge in [-0.2, -0.15) is 5.26 Å². The van der Waals surface area contributed by atoms with Crippen molar-refractivity contribution in [1.29, 1.82) is 5.26 Å². The maximum absolute atomic E-state index is 12.0. The van der Waals surface area contributed by atoms with Crippen molar-refractivity contribution in [2.75, 3.05) is 12.4 Å². The fourth-order valence-electron chi connectivity index (χ4n) is 1.64. The summed E-state index contributed by atoms with van der Waals surface area (Å²) in [5.41, 5.74) is 1.58. The van der Waals surface area contributed by atoms with Gasteiger partial charge in [0.15, 0.2) is 0 Å². The summed E-state index contributed by atoms with van der Waals surface area (Å²) in [7, 11) is 1.51. The first-order chi connectivity index (χ1) is 9.63. The molecule has 0 bridgehead atoms. The highest BCUT2D eigenvalue weighted by Crippen LogP contribution is 2.25. The Bertz CT molecular complexity index is 675. The van der Waals surface area contributed by atoms with E-state index in [-0.39, 0.29) is 5.91 Å². The SMILES string of the molecule is COc1ccc(C(=O)Nc2ccc(C#N)cc2)cc1Cl. The number of anilines is 1. The first-order valence-electron chi connectivity index (χ1n) is 5.79. The number of carbonyl (C=O) groups is 1. The molecule has 0 saturated carbocycles. The number of benzene rings is 2. The Morgan fingerprint density at radius 3 is 2.50 bits per heavy atom. The van der Waals surface area contributed by atoms with Crippen LogP contribution in [0, 0.1) is 11.3 Å². The fraction of sp³-hybridized carbons (Fsp3) is 0.0667. The number of hydrogen-bond acceptors (Lipinski definition) is 3. The van der Waals surface area contributed by atoms with Crippen molar-refractivity contribution in [1.82, 2.24) is 0 Å². The van der Waals surface area contributed by atoms with Crippen LogP contribution in [0.25, 0.3) is 0 Å². The molecule has 0 aromatic heterocycles. The lowest BCUT2D eigenvalue weighted by Gasteiger charge is -2.07. The Balaban J connectivity index is 2.15. The molecule has 0 aliphatic carbocycles. The summed E-state index contributed by atoms with van der Waals surface area (Å²) >= 11 is 5.98. The average molecular weight is 287 g/mol. The number of nitriles is 1. The molecule has 0 spiro atoms. The van der Waals surface area contributed by atoms with Gasteiger partial charge >= 0.3 is 0 Å². The molecule has 0 aliphatic heterocycles. The zero-order valence-corrected chi connectivity index (χ0v) is 11.4. The predicted molar refractivity (Wildman–Crippen MR) is 77.1 cm³/mol. The third-order valence-corrected chi connectivity index (χ3v) is 2.98. The number of nitrogens with one attached hydrogen (secondary N) is 1. The molecule has 1 N–H and O–H groups in total. The van der Waals surface area contributed by atoms with Crippen molar-refractivity contribution in [2.45, 2.75) is 0 Å². The minimum atomic E-state index is -0.278. The second kappa shape index (κ2) is 6.09. The average Bonchev–Trinajstić information content (AvgIpc) is 2.48. The molecule has 5 heteroatoms. The molecule has 0 fully saturated rings. The summed E-state index contributed by atoms with van der Waals surface area (Å²) in [6, 6.07) is 13.4. The molecule has 2 aromatic rings. The summed E-state index contributed by atoms with van der Waals surface area (Å²) in [5, 5.41) is 11.8. The third kappa shape index (κ3) is 3.08. The first-order valence-corrected chi connectivity index (χ1v) is 6.17. The van der Waals surface area contributed by atoms with E-state index in [2.05, 4.69) is 5.32 Å². The van der Waals surface area contributed by atoms with Gasteiger partial charge in [0.05, 0.1) is 23.8 Å². The van der Waals surface area contributed by atoms with Crippen LogP contribution in [-0.4, -0.2) is 13.0 Å². The highest BCUT2D eigenvalue weighted by Gasteiger charge is 2.09. The van der Waals surface area contributed by atoms with Gasteiger partial charge in [0.2, 0.25) is 0 Å². The van der Waals surface area contributed by atoms with E-state index >= 15 is 0 Å². The number of amides is 1. The van der Waals surface area contributed by atoms with Crippen LogP contribution in [0.4, 0.5) is 5.69 Å². The smallest absolute Gasteiger partial charge is 0.255 e. The molecular weight excluding hydrogens is 276 g/mol. The number of rotatable bonds is 3. The van der Waals surface area contributed by atoms with Crippen molar-refractivity contribution in [3.05, 3.63) is 58.6 Å². The van der Waals surface area contributed by atoms with Crippen LogP contribution in [0.15, 0.2) is 42.5 Å². The van der Waals surface area contributed by atoms with Crippen molar-refractivity contribution in [3.63, 3.8) is 0 Å². The maximum Gasteiger partial charge on any atom is 0.255 e. The minimum absolute atomic E-state index is 0.278. The summed E-state index contributed by atoms with van der Waals surface area (Å²) in [6.45, 7) is 0. The number of methoxy groups -OCH3 is 1. The Morgan fingerprint density at radius 1 is 1.25 bits per heavy atom. The van der Waals surface area contributed by atoms with Crippen LogP contribution < -0.4 is 10.1 Å². The van der Waals surface area contributed by atoms with Crippen LogP contribution in [0.3, 0.4) is 0 Å². The van der Waals surface area contributed by atoms with Gasteiger partial charge in [-0.25, -0.2) is 0 Å². The lowest BCUT2D eigenvalue weighted by Crippen LogP contribution is -2.11. The van der Waals surface area contributed by atoms with Crippen molar-refractivity contribution >= 4 is 23.2 Å². The number of nitrogens with zero attached hydrogens (tertiary/aromatic N) is 1. The molecule has 0 radical (unpaired) electrons. The predicted octanol–water partition coefficient (Wildman–Crippen LogP) is 3.47. The van der Waals surface area contributed by atoms with Gasteiger partial charge in [-0.1, -0.05) is 11.6 Å². The molecule has 100 valence electrons. The molecule has 2 rings (SSSR count). The van der Waals surface area contributed by atoms with E-state index in [0.717, 1.165) is 0 Å².